The lowest BCUT2D eigenvalue weighted by atomic mass is 9.75. The first-order valence-electron chi connectivity index (χ1n) is 4.85. The van der Waals surface area contributed by atoms with Crippen LogP contribution < -0.4 is 0 Å². The highest BCUT2D eigenvalue weighted by molar-refractivity contribution is 4.92. The molecule has 0 aromatic carbocycles. The van der Waals surface area contributed by atoms with E-state index in [0.29, 0.717) is 18.8 Å². The molecule has 0 heterocycles. The van der Waals surface area contributed by atoms with Gasteiger partial charge in [-0.2, -0.15) is 0 Å². The molecule has 1 aliphatic rings. The Hall–Kier alpha value is -0.180. The first kappa shape index (κ1) is 10.9. The maximum atomic E-state index is 12.9. The normalized spacial score (nSPS) is 26.3. The van der Waals surface area contributed by atoms with Crippen molar-refractivity contribution in [3.63, 3.8) is 0 Å². The summed E-state index contributed by atoms with van der Waals surface area (Å²) in [7, 11) is 1.63. The molecule has 0 saturated heterocycles. The maximum absolute atomic E-state index is 12.9. The summed E-state index contributed by atoms with van der Waals surface area (Å²) < 4.78 is 31.2. The third kappa shape index (κ3) is 2.19. The summed E-state index contributed by atoms with van der Waals surface area (Å²) in [5.41, 5.74) is -0.304. The first-order valence-corrected chi connectivity index (χ1v) is 4.85. The second-order valence-corrected chi connectivity index (χ2v) is 4.28. The summed E-state index contributed by atoms with van der Waals surface area (Å²) in [4.78, 5) is 0. The van der Waals surface area contributed by atoms with Crippen molar-refractivity contribution in [3.05, 3.63) is 0 Å². The van der Waals surface area contributed by atoms with Crippen LogP contribution in [0.2, 0.25) is 0 Å². The van der Waals surface area contributed by atoms with E-state index in [1.165, 1.54) is 0 Å². The molecule has 0 amide bonds. The largest absolute Gasteiger partial charge is 0.378 e. The van der Waals surface area contributed by atoms with Crippen LogP contribution in [0, 0.1) is 5.92 Å². The molecule has 0 unspecified atom stereocenters. The molecule has 1 aliphatic carbocycles. The Kier molecular flexibility index (Phi) is 2.95. The zero-order chi connectivity index (χ0) is 10.1. The van der Waals surface area contributed by atoms with Crippen molar-refractivity contribution in [2.75, 3.05) is 7.11 Å². The zero-order valence-corrected chi connectivity index (χ0v) is 8.57. The minimum Gasteiger partial charge on any atom is -0.378 e. The Labute approximate surface area is 78.5 Å². The van der Waals surface area contributed by atoms with E-state index < -0.39 is 5.92 Å². The topological polar surface area (TPSA) is 9.23 Å². The summed E-state index contributed by atoms with van der Waals surface area (Å²) in [6.45, 7) is 4.07. The second-order valence-electron chi connectivity index (χ2n) is 4.28. The predicted molar refractivity (Wildman–Crippen MR) is 48.0 cm³/mol. The number of halogens is 2. The zero-order valence-electron chi connectivity index (χ0n) is 8.57. The molecule has 1 nitrogen and oxygen atoms in total. The van der Waals surface area contributed by atoms with Gasteiger partial charge in [-0.1, -0.05) is 13.8 Å². The lowest BCUT2D eigenvalue weighted by molar-refractivity contribution is -0.137. The van der Waals surface area contributed by atoms with Crippen LogP contribution in [0.4, 0.5) is 8.78 Å². The molecule has 3 heteroatoms. The van der Waals surface area contributed by atoms with Crippen LogP contribution in [-0.2, 0) is 4.74 Å². The number of ether oxygens (including phenoxy) is 1. The standard InChI is InChI=1S/C10H18F2O/c1-8(2)9(13-3)4-6-10(11,12)7-5-9/h8H,4-7H2,1-3H3. The Balaban J connectivity index is 2.63. The Bertz CT molecular complexity index is 168. The summed E-state index contributed by atoms with van der Waals surface area (Å²) in [6, 6.07) is 0. The molecule has 0 aliphatic heterocycles. The van der Waals surface area contributed by atoms with Crippen LogP contribution in [-0.4, -0.2) is 18.6 Å². The molecule has 0 radical (unpaired) electrons. The summed E-state index contributed by atoms with van der Waals surface area (Å²) in [5.74, 6) is -2.15. The van der Waals surface area contributed by atoms with Gasteiger partial charge in [-0.3, -0.25) is 0 Å². The second kappa shape index (κ2) is 3.52. The van der Waals surface area contributed by atoms with Crippen molar-refractivity contribution in [2.24, 2.45) is 5.92 Å². The molecule has 0 spiro atoms. The van der Waals surface area contributed by atoms with E-state index >= 15 is 0 Å². The van der Waals surface area contributed by atoms with Gasteiger partial charge in [0, 0.05) is 20.0 Å². The summed E-state index contributed by atoms with van der Waals surface area (Å²) in [6.07, 6.45) is 0.903. The molecule has 1 rings (SSSR count). The fourth-order valence-corrected chi connectivity index (χ4v) is 2.06. The van der Waals surface area contributed by atoms with E-state index in [1.54, 1.807) is 7.11 Å². The fraction of sp³-hybridized carbons (Fsp3) is 1.00. The van der Waals surface area contributed by atoms with Gasteiger partial charge in [0.2, 0.25) is 5.92 Å². The highest BCUT2D eigenvalue weighted by atomic mass is 19.3. The molecule has 0 aromatic rings. The van der Waals surface area contributed by atoms with Crippen molar-refractivity contribution < 1.29 is 13.5 Å². The minimum absolute atomic E-state index is 0.0288. The molecule has 0 aromatic heterocycles. The van der Waals surface area contributed by atoms with Crippen LogP contribution in [0.15, 0.2) is 0 Å². The molecule has 78 valence electrons. The first-order chi connectivity index (χ1) is 5.92. The number of methoxy groups -OCH3 is 1. The lowest BCUT2D eigenvalue weighted by Crippen LogP contribution is -2.44. The van der Waals surface area contributed by atoms with Gasteiger partial charge in [0.1, 0.15) is 0 Å². The van der Waals surface area contributed by atoms with Gasteiger partial charge >= 0.3 is 0 Å². The smallest absolute Gasteiger partial charge is 0.248 e. The van der Waals surface area contributed by atoms with Gasteiger partial charge in [0.05, 0.1) is 5.60 Å². The average Bonchev–Trinajstić information content (AvgIpc) is 2.05. The number of alkyl halides is 2. The van der Waals surface area contributed by atoms with E-state index in [2.05, 4.69) is 0 Å². The van der Waals surface area contributed by atoms with Crippen LogP contribution >= 0.6 is 0 Å². The maximum Gasteiger partial charge on any atom is 0.248 e. The van der Waals surface area contributed by atoms with Crippen LogP contribution in [0.5, 0.6) is 0 Å². The number of rotatable bonds is 2. The van der Waals surface area contributed by atoms with Gasteiger partial charge in [-0.05, 0) is 18.8 Å². The van der Waals surface area contributed by atoms with Crippen molar-refractivity contribution >= 4 is 0 Å². The molecule has 1 saturated carbocycles. The monoisotopic (exact) mass is 192 g/mol. The molecular formula is C10H18F2O. The van der Waals surface area contributed by atoms with E-state index in [4.69, 9.17) is 4.74 Å². The fourth-order valence-electron chi connectivity index (χ4n) is 2.06. The van der Waals surface area contributed by atoms with Crippen LogP contribution in [0.25, 0.3) is 0 Å². The highest BCUT2D eigenvalue weighted by Gasteiger charge is 2.45. The average molecular weight is 192 g/mol. The van der Waals surface area contributed by atoms with Crippen molar-refractivity contribution in [1.82, 2.24) is 0 Å². The lowest BCUT2D eigenvalue weighted by Gasteiger charge is -2.42. The van der Waals surface area contributed by atoms with E-state index in [-0.39, 0.29) is 18.4 Å². The highest BCUT2D eigenvalue weighted by Crippen LogP contribution is 2.43. The van der Waals surface area contributed by atoms with E-state index in [0.717, 1.165) is 0 Å². The third-order valence-corrected chi connectivity index (χ3v) is 3.29. The van der Waals surface area contributed by atoms with Crippen molar-refractivity contribution in [2.45, 2.75) is 51.1 Å². The Morgan fingerprint density at radius 1 is 1.08 bits per heavy atom. The summed E-state index contributed by atoms with van der Waals surface area (Å²) >= 11 is 0. The minimum atomic E-state index is -2.46. The van der Waals surface area contributed by atoms with Gasteiger partial charge in [0.25, 0.3) is 0 Å². The van der Waals surface area contributed by atoms with Gasteiger partial charge in [-0.15, -0.1) is 0 Å². The Morgan fingerprint density at radius 3 is 1.85 bits per heavy atom. The number of hydrogen-bond donors (Lipinski definition) is 0. The summed E-state index contributed by atoms with van der Waals surface area (Å²) in [5, 5.41) is 0. The third-order valence-electron chi connectivity index (χ3n) is 3.29. The van der Waals surface area contributed by atoms with Crippen molar-refractivity contribution in [1.29, 1.82) is 0 Å². The molecule has 1 fully saturated rings. The molecule has 0 bridgehead atoms. The van der Waals surface area contributed by atoms with Gasteiger partial charge < -0.3 is 4.74 Å². The van der Waals surface area contributed by atoms with Gasteiger partial charge in [0.15, 0.2) is 0 Å². The van der Waals surface area contributed by atoms with E-state index in [1.807, 2.05) is 13.8 Å². The van der Waals surface area contributed by atoms with Gasteiger partial charge in [-0.25, -0.2) is 8.78 Å². The quantitative estimate of drug-likeness (QED) is 0.652. The van der Waals surface area contributed by atoms with Crippen LogP contribution in [0.3, 0.4) is 0 Å². The van der Waals surface area contributed by atoms with Crippen LogP contribution in [0.1, 0.15) is 39.5 Å². The van der Waals surface area contributed by atoms with Crippen molar-refractivity contribution in [3.8, 4) is 0 Å². The molecule has 13 heavy (non-hydrogen) atoms. The number of hydrogen-bond acceptors (Lipinski definition) is 1. The SMILES string of the molecule is COC1(C(C)C)CCC(F)(F)CC1. The van der Waals surface area contributed by atoms with E-state index in [9.17, 15) is 8.78 Å². The molecular weight excluding hydrogens is 174 g/mol. The molecule has 0 N–H and O–H groups in total. The molecule has 0 atom stereocenters. The predicted octanol–water partition coefficient (Wildman–Crippen LogP) is 3.24. The Morgan fingerprint density at radius 2 is 1.54 bits per heavy atom.